The summed E-state index contributed by atoms with van der Waals surface area (Å²) < 4.78 is 45.5. The highest BCUT2D eigenvalue weighted by Gasteiger charge is 2.42. The van der Waals surface area contributed by atoms with E-state index in [1.807, 2.05) is 19.9 Å². The van der Waals surface area contributed by atoms with Crippen LogP contribution < -0.4 is 5.32 Å². The number of benzene rings is 2. The van der Waals surface area contributed by atoms with Crippen molar-refractivity contribution < 1.29 is 22.7 Å². The molecule has 0 radical (unpaired) electrons. The number of hydrogen-bond acceptors (Lipinski definition) is 2. The number of nitrogens with one attached hydrogen (secondary N) is 1. The topological polar surface area (TPSA) is 38.3 Å². The quantitative estimate of drug-likeness (QED) is 0.527. The smallest absolute Gasteiger partial charge is 0.365 e. The standard InChI is InChI=1S/C23H26F3NO2/c1-4-16-22(3,5-2)29-20(18-14-10-7-11-15-18)19(17-12-8-6-9-13-17)27-21(28)23(24,25)26/h4,6-15,19-20H,1,5,16H2,2-3H3,(H,27,28)/t19-,20+,22-/m1/s1. The number of ether oxygens (including phenoxy) is 1. The highest BCUT2D eigenvalue weighted by atomic mass is 19.4. The molecule has 2 aromatic rings. The molecule has 0 bridgehead atoms. The third-order valence-electron chi connectivity index (χ3n) is 4.87. The van der Waals surface area contributed by atoms with Crippen LogP contribution in [0.25, 0.3) is 0 Å². The summed E-state index contributed by atoms with van der Waals surface area (Å²) in [5, 5.41) is 2.15. The van der Waals surface area contributed by atoms with Crippen LogP contribution in [0.5, 0.6) is 0 Å². The molecule has 0 aromatic heterocycles. The monoisotopic (exact) mass is 405 g/mol. The average molecular weight is 405 g/mol. The van der Waals surface area contributed by atoms with Gasteiger partial charge in [-0.3, -0.25) is 4.79 Å². The number of carbonyl (C=O) groups excluding carboxylic acids is 1. The predicted octanol–water partition coefficient (Wildman–Crippen LogP) is 5.91. The van der Waals surface area contributed by atoms with Crippen molar-refractivity contribution in [3.8, 4) is 0 Å². The molecule has 0 aliphatic carbocycles. The van der Waals surface area contributed by atoms with E-state index < -0.39 is 29.8 Å². The number of hydrogen-bond donors (Lipinski definition) is 1. The Bertz CT molecular complexity index is 793. The lowest BCUT2D eigenvalue weighted by Gasteiger charge is -2.37. The fourth-order valence-electron chi connectivity index (χ4n) is 3.08. The first kappa shape index (κ1) is 22.7. The fourth-order valence-corrected chi connectivity index (χ4v) is 3.08. The molecule has 2 rings (SSSR count). The van der Waals surface area contributed by atoms with E-state index in [0.29, 0.717) is 24.0 Å². The van der Waals surface area contributed by atoms with Gasteiger partial charge in [0.1, 0.15) is 6.10 Å². The summed E-state index contributed by atoms with van der Waals surface area (Å²) in [6, 6.07) is 16.5. The van der Waals surface area contributed by atoms with Crippen LogP contribution in [0, 0.1) is 0 Å². The van der Waals surface area contributed by atoms with Gasteiger partial charge in [0.15, 0.2) is 0 Å². The normalized spacial score (nSPS) is 15.8. The van der Waals surface area contributed by atoms with Gasteiger partial charge >= 0.3 is 12.1 Å². The number of alkyl halides is 3. The molecule has 0 aliphatic rings. The van der Waals surface area contributed by atoms with Gasteiger partial charge in [0.05, 0.1) is 11.6 Å². The lowest BCUT2D eigenvalue weighted by molar-refractivity contribution is -0.177. The van der Waals surface area contributed by atoms with E-state index in [1.54, 1.807) is 60.7 Å². The van der Waals surface area contributed by atoms with Gasteiger partial charge in [0.2, 0.25) is 0 Å². The maximum Gasteiger partial charge on any atom is 0.471 e. The van der Waals surface area contributed by atoms with Crippen molar-refractivity contribution in [2.24, 2.45) is 0 Å². The van der Waals surface area contributed by atoms with Gasteiger partial charge < -0.3 is 10.1 Å². The molecule has 0 unspecified atom stereocenters. The van der Waals surface area contributed by atoms with E-state index in [4.69, 9.17) is 4.74 Å². The van der Waals surface area contributed by atoms with Crippen molar-refractivity contribution in [1.29, 1.82) is 0 Å². The number of carbonyl (C=O) groups is 1. The molecule has 156 valence electrons. The summed E-state index contributed by atoms with van der Waals surface area (Å²) in [4.78, 5) is 11.8. The van der Waals surface area contributed by atoms with Crippen molar-refractivity contribution in [3.63, 3.8) is 0 Å². The molecule has 3 nitrogen and oxygen atoms in total. The molecule has 6 heteroatoms. The van der Waals surface area contributed by atoms with Gasteiger partial charge in [-0.15, -0.1) is 6.58 Å². The Kier molecular flexibility index (Phi) is 7.62. The summed E-state index contributed by atoms with van der Waals surface area (Å²) in [7, 11) is 0. The molecular formula is C23H26F3NO2. The molecule has 3 atom stereocenters. The van der Waals surface area contributed by atoms with Crippen molar-refractivity contribution in [2.75, 3.05) is 0 Å². The van der Waals surface area contributed by atoms with Gasteiger partial charge in [-0.1, -0.05) is 73.7 Å². The molecule has 1 amide bonds. The zero-order chi connectivity index (χ0) is 21.5. The van der Waals surface area contributed by atoms with Crippen molar-refractivity contribution in [3.05, 3.63) is 84.4 Å². The van der Waals surface area contributed by atoms with E-state index in [9.17, 15) is 18.0 Å². The Hall–Kier alpha value is -2.60. The minimum atomic E-state index is -5.00. The van der Waals surface area contributed by atoms with Gasteiger partial charge in [-0.05, 0) is 30.9 Å². The Balaban J connectivity index is 2.54. The second-order valence-electron chi connectivity index (χ2n) is 7.10. The van der Waals surface area contributed by atoms with Crippen molar-refractivity contribution >= 4 is 5.91 Å². The summed E-state index contributed by atoms with van der Waals surface area (Å²) >= 11 is 0. The Morgan fingerprint density at radius 3 is 2.03 bits per heavy atom. The first-order valence-electron chi connectivity index (χ1n) is 9.46. The fraction of sp³-hybridized carbons (Fsp3) is 0.348. The molecule has 0 aliphatic heterocycles. The zero-order valence-corrected chi connectivity index (χ0v) is 16.6. The summed E-state index contributed by atoms with van der Waals surface area (Å²) in [6.07, 6.45) is -2.96. The molecule has 2 aromatic carbocycles. The largest absolute Gasteiger partial charge is 0.471 e. The lowest BCUT2D eigenvalue weighted by Crippen LogP contribution is -2.43. The summed E-state index contributed by atoms with van der Waals surface area (Å²) in [6.45, 7) is 7.59. The highest BCUT2D eigenvalue weighted by molar-refractivity contribution is 5.82. The molecule has 1 N–H and O–H groups in total. The molecule has 0 fully saturated rings. The SMILES string of the molecule is C=CC[C@@](C)(CC)O[C@@H](c1ccccc1)[C@H](NC(=O)C(F)(F)F)c1ccccc1. The van der Waals surface area contributed by atoms with Crippen LogP contribution in [0.4, 0.5) is 13.2 Å². The van der Waals surface area contributed by atoms with Crippen LogP contribution in [0.1, 0.15) is 50.0 Å². The lowest BCUT2D eigenvalue weighted by atomic mass is 9.92. The third kappa shape index (κ3) is 6.19. The van der Waals surface area contributed by atoms with Crippen LogP contribution in [0.15, 0.2) is 73.3 Å². The molecular weight excluding hydrogens is 379 g/mol. The van der Waals surface area contributed by atoms with Gasteiger partial charge in [0.25, 0.3) is 0 Å². The van der Waals surface area contributed by atoms with Crippen LogP contribution in [-0.2, 0) is 9.53 Å². The van der Waals surface area contributed by atoms with Crippen LogP contribution in [-0.4, -0.2) is 17.7 Å². The molecule has 0 saturated carbocycles. The maximum absolute atomic E-state index is 13.0. The molecule has 0 saturated heterocycles. The minimum Gasteiger partial charge on any atom is -0.365 e. The zero-order valence-electron chi connectivity index (χ0n) is 16.6. The minimum absolute atomic E-state index is 0.515. The number of rotatable bonds is 9. The summed E-state index contributed by atoms with van der Waals surface area (Å²) in [5.74, 6) is -2.00. The van der Waals surface area contributed by atoms with E-state index in [0.717, 1.165) is 0 Å². The Labute approximate surface area is 169 Å². The van der Waals surface area contributed by atoms with Crippen molar-refractivity contribution in [2.45, 2.75) is 50.6 Å². The van der Waals surface area contributed by atoms with Crippen LogP contribution in [0.2, 0.25) is 0 Å². The second-order valence-corrected chi connectivity index (χ2v) is 7.10. The van der Waals surface area contributed by atoms with E-state index in [-0.39, 0.29) is 0 Å². The Morgan fingerprint density at radius 2 is 1.59 bits per heavy atom. The van der Waals surface area contributed by atoms with Crippen LogP contribution in [0.3, 0.4) is 0 Å². The van der Waals surface area contributed by atoms with E-state index >= 15 is 0 Å². The summed E-state index contributed by atoms with van der Waals surface area (Å²) in [5.41, 5.74) is 0.543. The van der Waals surface area contributed by atoms with Crippen molar-refractivity contribution in [1.82, 2.24) is 5.32 Å². The van der Waals surface area contributed by atoms with Crippen LogP contribution >= 0.6 is 0 Å². The van der Waals surface area contributed by atoms with Gasteiger partial charge in [-0.2, -0.15) is 13.2 Å². The average Bonchev–Trinajstić information content (AvgIpc) is 2.71. The maximum atomic E-state index is 13.0. The second kappa shape index (κ2) is 9.74. The third-order valence-corrected chi connectivity index (χ3v) is 4.87. The highest BCUT2D eigenvalue weighted by Crippen LogP contribution is 2.38. The van der Waals surface area contributed by atoms with E-state index in [2.05, 4.69) is 11.9 Å². The van der Waals surface area contributed by atoms with Gasteiger partial charge in [-0.25, -0.2) is 0 Å². The Morgan fingerprint density at radius 1 is 1.07 bits per heavy atom. The molecule has 0 spiro atoms. The van der Waals surface area contributed by atoms with Gasteiger partial charge in [0, 0.05) is 0 Å². The predicted molar refractivity (Wildman–Crippen MR) is 107 cm³/mol. The molecule has 29 heavy (non-hydrogen) atoms. The number of amides is 1. The van der Waals surface area contributed by atoms with E-state index in [1.165, 1.54) is 0 Å². The molecule has 0 heterocycles. The first-order valence-corrected chi connectivity index (χ1v) is 9.46. The first-order chi connectivity index (χ1) is 13.7. The number of halogens is 3.